The van der Waals surface area contributed by atoms with Crippen molar-refractivity contribution >= 4 is 40.3 Å². The first-order chi connectivity index (χ1) is 16.9. The minimum Gasteiger partial charge on any atom is -0.461 e. The van der Waals surface area contributed by atoms with Crippen molar-refractivity contribution in [1.82, 2.24) is 0 Å². The summed E-state index contributed by atoms with van der Waals surface area (Å²) < 4.78 is 15.6. The minimum absolute atomic E-state index is 0.0644. The van der Waals surface area contributed by atoms with Crippen LogP contribution in [0.4, 0.5) is 16.2 Å². The molecule has 4 rings (SSSR count). The number of amides is 2. The molecular weight excluding hydrogens is 452 g/mol. The lowest BCUT2D eigenvalue weighted by Gasteiger charge is -2.17. The number of aryl methyl sites for hydroxylation is 1. The monoisotopic (exact) mass is 478 g/mol. The van der Waals surface area contributed by atoms with Crippen molar-refractivity contribution in [2.24, 2.45) is 5.92 Å². The third-order valence-corrected chi connectivity index (χ3v) is 5.84. The van der Waals surface area contributed by atoms with E-state index in [1.165, 1.54) is 17.7 Å². The molecule has 0 saturated carbocycles. The fourth-order valence-electron chi connectivity index (χ4n) is 4.01. The number of fused-ring (bicyclic) bond motifs is 1. The van der Waals surface area contributed by atoms with Crippen LogP contribution in [0, 0.1) is 5.92 Å². The van der Waals surface area contributed by atoms with Gasteiger partial charge in [0.2, 0.25) is 5.91 Å². The summed E-state index contributed by atoms with van der Waals surface area (Å²) in [6, 6.07) is 13.7. The summed E-state index contributed by atoms with van der Waals surface area (Å²) in [5, 5.41) is 3.11. The van der Waals surface area contributed by atoms with Crippen molar-refractivity contribution < 1.29 is 28.3 Å². The molecule has 2 aromatic carbocycles. The highest BCUT2D eigenvalue weighted by Crippen LogP contribution is 2.27. The predicted molar refractivity (Wildman–Crippen MR) is 129 cm³/mol. The Bertz CT molecular complexity index is 1310. The summed E-state index contributed by atoms with van der Waals surface area (Å²) in [4.78, 5) is 50.5. The van der Waals surface area contributed by atoms with E-state index in [-0.39, 0.29) is 37.7 Å². The Kier molecular flexibility index (Phi) is 7.14. The number of rotatable bonds is 7. The molecule has 182 valence electrons. The predicted octanol–water partition coefficient (Wildman–Crippen LogP) is 4.02. The number of ether oxygens (including phenoxy) is 2. The van der Waals surface area contributed by atoms with Crippen LogP contribution in [0.15, 0.2) is 57.7 Å². The third-order valence-electron chi connectivity index (χ3n) is 5.84. The van der Waals surface area contributed by atoms with Gasteiger partial charge in [-0.1, -0.05) is 19.1 Å². The van der Waals surface area contributed by atoms with Crippen LogP contribution in [-0.4, -0.2) is 31.1 Å². The van der Waals surface area contributed by atoms with Crippen LogP contribution in [0.25, 0.3) is 11.0 Å². The Morgan fingerprint density at radius 3 is 2.54 bits per heavy atom. The molecule has 1 atom stereocenters. The van der Waals surface area contributed by atoms with E-state index in [1.54, 1.807) is 24.0 Å². The van der Waals surface area contributed by atoms with E-state index in [1.807, 2.05) is 24.3 Å². The number of hydrogen-bond acceptors (Lipinski definition) is 7. The van der Waals surface area contributed by atoms with Crippen molar-refractivity contribution in [3.8, 4) is 0 Å². The molecule has 3 aromatic rings. The molecule has 1 aliphatic heterocycles. The fourth-order valence-corrected chi connectivity index (χ4v) is 4.01. The molecule has 1 N–H and O–H groups in total. The zero-order chi connectivity index (χ0) is 24.9. The Morgan fingerprint density at radius 1 is 1.06 bits per heavy atom. The standard InChI is InChI=1S/C26H26N2O7/c1-3-16-5-8-20(9-6-16)28-14-17(11-23(28)29)25(31)34-15-18-12-24(30)35-22-13-19(7-10-21(18)22)27-26(32)33-4-2/h5-10,12-13,17H,3-4,11,14-15H2,1-2H3,(H,27,32). The number of carbonyl (C=O) groups is 3. The topological polar surface area (TPSA) is 115 Å². The van der Waals surface area contributed by atoms with E-state index in [4.69, 9.17) is 13.9 Å². The average Bonchev–Trinajstić information content (AvgIpc) is 3.23. The first-order valence-electron chi connectivity index (χ1n) is 11.4. The van der Waals surface area contributed by atoms with Crippen LogP contribution in [-0.2, 0) is 32.1 Å². The van der Waals surface area contributed by atoms with Crippen molar-refractivity contribution in [2.75, 3.05) is 23.4 Å². The van der Waals surface area contributed by atoms with E-state index in [0.29, 0.717) is 16.6 Å². The second kappa shape index (κ2) is 10.4. The first kappa shape index (κ1) is 24.0. The summed E-state index contributed by atoms with van der Waals surface area (Å²) in [6.45, 7) is 4.06. The van der Waals surface area contributed by atoms with E-state index in [9.17, 15) is 19.2 Å². The number of hydrogen-bond donors (Lipinski definition) is 1. The zero-order valence-corrected chi connectivity index (χ0v) is 19.5. The highest BCUT2D eigenvalue weighted by Gasteiger charge is 2.36. The Labute approximate surface area is 201 Å². The normalized spacial score (nSPS) is 15.3. The molecule has 1 aliphatic rings. The van der Waals surface area contributed by atoms with Crippen molar-refractivity contribution in [1.29, 1.82) is 0 Å². The van der Waals surface area contributed by atoms with Gasteiger partial charge >= 0.3 is 17.7 Å². The van der Waals surface area contributed by atoms with E-state index >= 15 is 0 Å². The van der Waals surface area contributed by atoms with Gasteiger partial charge in [-0.25, -0.2) is 9.59 Å². The maximum atomic E-state index is 12.7. The van der Waals surface area contributed by atoms with Gasteiger partial charge in [0.25, 0.3) is 0 Å². The lowest BCUT2D eigenvalue weighted by atomic mass is 10.1. The van der Waals surface area contributed by atoms with Gasteiger partial charge in [-0.05, 0) is 43.2 Å². The van der Waals surface area contributed by atoms with Crippen LogP contribution in [0.3, 0.4) is 0 Å². The number of nitrogens with zero attached hydrogens (tertiary/aromatic N) is 1. The number of carbonyl (C=O) groups excluding carboxylic acids is 3. The van der Waals surface area contributed by atoms with Crippen LogP contribution in [0.5, 0.6) is 0 Å². The van der Waals surface area contributed by atoms with Gasteiger partial charge in [-0.2, -0.15) is 0 Å². The highest BCUT2D eigenvalue weighted by molar-refractivity contribution is 5.99. The van der Waals surface area contributed by atoms with Crippen molar-refractivity contribution in [3.05, 3.63) is 70.1 Å². The molecule has 0 bridgehead atoms. The summed E-state index contributed by atoms with van der Waals surface area (Å²) in [5.74, 6) is -1.24. The molecule has 9 heteroatoms. The minimum atomic E-state index is -0.624. The van der Waals surface area contributed by atoms with Gasteiger partial charge < -0.3 is 18.8 Å². The van der Waals surface area contributed by atoms with E-state index in [0.717, 1.165) is 12.1 Å². The average molecular weight is 479 g/mol. The molecule has 35 heavy (non-hydrogen) atoms. The van der Waals surface area contributed by atoms with E-state index in [2.05, 4.69) is 12.2 Å². The number of benzene rings is 2. The zero-order valence-electron chi connectivity index (χ0n) is 19.5. The summed E-state index contributed by atoms with van der Waals surface area (Å²) in [6.07, 6.45) is 0.342. The van der Waals surface area contributed by atoms with Crippen LogP contribution < -0.4 is 15.8 Å². The van der Waals surface area contributed by atoms with Crippen LogP contribution in [0.2, 0.25) is 0 Å². The molecule has 0 aliphatic carbocycles. The molecule has 1 saturated heterocycles. The van der Waals surface area contributed by atoms with Crippen LogP contribution in [0.1, 0.15) is 31.4 Å². The second-order valence-electron chi connectivity index (χ2n) is 8.18. The molecular formula is C26H26N2O7. The molecule has 0 radical (unpaired) electrons. The van der Waals surface area contributed by atoms with Gasteiger partial charge in [0.05, 0.1) is 12.5 Å². The Balaban J connectivity index is 1.44. The van der Waals surface area contributed by atoms with Crippen molar-refractivity contribution in [2.45, 2.75) is 33.3 Å². The lowest BCUT2D eigenvalue weighted by Crippen LogP contribution is -2.26. The smallest absolute Gasteiger partial charge is 0.411 e. The number of nitrogens with one attached hydrogen (secondary N) is 1. The number of anilines is 2. The molecule has 2 amide bonds. The molecule has 2 heterocycles. The summed E-state index contributed by atoms with van der Waals surface area (Å²) >= 11 is 0. The van der Waals surface area contributed by atoms with Gasteiger partial charge in [0.1, 0.15) is 12.2 Å². The lowest BCUT2D eigenvalue weighted by molar-refractivity contribution is -0.149. The number of esters is 1. The Morgan fingerprint density at radius 2 is 1.83 bits per heavy atom. The first-order valence-corrected chi connectivity index (χ1v) is 11.4. The van der Waals surface area contributed by atoms with Crippen molar-refractivity contribution in [3.63, 3.8) is 0 Å². The second-order valence-corrected chi connectivity index (χ2v) is 8.18. The largest absolute Gasteiger partial charge is 0.461 e. The SMILES string of the molecule is CCOC(=O)Nc1ccc2c(COC(=O)C3CC(=O)N(c4ccc(CC)cc4)C3)cc(=O)oc2c1. The summed E-state index contributed by atoms with van der Waals surface area (Å²) in [5.41, 5.74) is 2.39. The van der Waals surface area contributed by atoms with Crippen LogP contribution >= 0.6 is 0 Å². The maximum absolute atomic E-state index is 12.7. The fraction of sp³-hybridized carbons (Fsp3) is 0.308. The van der Waals surface area contributed by atoms with Gasteiger partial charge in [0.15, 0.2) is 0 Å². The van der Waals surface area contributed by atoms with Gasteiger partial charge in [-0.15, -0.1) is 0 Å². The van der Waals surface area contributed by atoms with Gasteiger partial charge in [-0.3, -0.25) is 14.9 Å². The molecule has 1 aromatic heterocycles. The Hall–Kier alpha value is -4.14. The molecule has 9 nitrogen and oxygen atoms in total. The molecule has 1 fully saturated rings. The van der Waals surface area contributed by atoms with E-state index < -0.39 is 23.6 Å². The summed E-state index contributed by atoms with van der Waals surface area (Å²) in [7, 11) is 0. The molecule has 0 spiro atoms. The third kappa shape index (κ3) is 5.51. The quantitative estimate of drug-likeness (QED) is 0.403. The molecule has 1 unspecified atom stereocenters. The highest BCUT2D eigenvalue weighted by atomic mass is 16.5. The maximum Gasteiger partial charge on any atom is 0.411 e. The van der Waals surface area contributed by atoms with Gasteiger partial charge in [0, 0.05) is 47.4 Å².